The number of benzene rings is 3. The van der Waals surface area contributed by atoms with Gasteiger partial charge in [0.2, 0.25) is 15.9 Å². The summed E-state index contributed by atoms with van der Waals surface area (Å²) >= 11 is 0. The number of carbonyl (C=O) groups is 1. The topological polar surface area (TPSA) is 75.3 Å². The second-order valence-electron chi connectivity index (χ2n) is 7.11. The monoisotopic (exact) mass is 396 g/mol. The maximum atomic E-state index is 12.7. The minimum atomic E-state index is -3.83. The highest BCUT2D eigenvalue weighted by atomic mass is 32.2. The summed E-state index contributed by atoms with van der Waals surface area (Å²) in [5, 5.41) is 4.63. The summed E-state index contributed by atoms with van der Waals surface area (Å²) < 4.78 is 27.9. The summed E-state index contributed by atoms with van der Waals surface area (Å²) in [7, 11) is -3.83. The van der Waals surface area contributed by atoms with Gasteiger partial charge in [0.15, 0.2) is 0 Å². The Morgan fingerprint density at radius 3 is 2.14 bits per heavy atom. The van der Waals surface area contributed by atoms with E-state index in [2.05, 4.69) is 10.0 Å². The van der Waals surface area contributed by atoms with Crippen LogP contribution >= 0.6 is 0 Å². The minimum absolute atomic E-state index is 0.133. The van der Waals surface area contributed by atoms with Crippen LogP contribution in [0.2, 0.25) is 0 Å². The van der Waals surface area contributed by atoms with Gasteiger partial charge >= 0.3 is 0 Å². The average Bonchev–Trinajstić information content (AvgIpc) is 2.63. The summed E-state index contributed by atoms with van der Waals surface area (Å²) in [5.74, 6) is -0.403. The Labute approximate surface area is 165 Å². The molecule has 0 fully saturated rings. The molecule has 0 bridgehead atoms. The number of aryl methyl sites for hydroxylation is 3. The molecule has 146 valence electrons. The summed E-state index contributed by atoms with van der Waals surface area (Å²) in [6.07, 6.45) is 0. The van der Waals surface area contributed by atoms with E-state index in [4.69, 9.17) is 0 Å². The third kappa shape index (κ3) is 4.24. The van der Waals surface area contributed by atoms with Crippen molar-refractivity contribution in [1.82, 2.24) is 4.72 Å². The molecular formula is C22H24N2O3S. The van der Waals surface area contributed by atoms with Gasteiger partial charge in [-0.05, 0) is 61.7 Å². The van der Waals surface area contributed by atoms with Crippen molar-refractivity contribution in [2.24, 2.45) is 0 Å². The first-order valence-electron chi connectivity index (χ1n) is 9.07. The van der Waals surface area contributed by atoms with E-state index in [9.17, 15) is 13.2 Å². The van der Waals surface area contributed by atoms with Crippen molar-refractivity contribution in [2.45, 2.75) is 38.6 Å². The normalized spacial score (nSPS) is 12.7. The van der Waals surface area contributed by atoms with Gasteiger partial charge in [0.05, 0.1) is 10.9 Å². The van der Waals surface area contributed by atoms with Crippen molar-refractivity contribution in [3.63, 3.8) is 0 Å². The molecule has 1 amide bonds. The van der Waals surface area contributed by atoms with Gasteiger partial charge in [-0.1, -0.05) is 48.0 Å². The Hall–Kier alpha value is -2.70. The fourth-order valence-electron chi connectivity index (χ4n) is 3.30. The molecule has 3 rings (SSSR count). The predicted molar refractivity (Wildman–Crippen MR) is 113 cm³/mol. The number of hydrogen-bond donors (Lipinski definition) is 2. The fraction of sp³-hybridized carbons (Fsp3) is 0.227. The molecule has 0 radical (unpaired) electrons. The van der Waals surface area contributed by atoms with Gasteiger partial charge in [-0.25, -0.2) is 8.42 Å². The number of hydrogen-bond acceptors (Lipinski definition) is 3. The molecule has 0 spiro atoms. The first kappa shape index (κ1) is 20.0. The molecule has 6 heteroatoms. The molecule has 0 aliphatic heterocycles. The van der Waals surface area contributed by atoms with Crippen LogP contribution in [-0.2, 0) is 14.8 Å². The largest absolute Gasteiger partial charge is 0.324 e. The summed E-state index contributed by atoms with van der Waals surface area (Å²) in [4.78, 5) is 12.7. The van der Waals surface area contributed by atoms with Crippen LogP contribution in [0.15, 0.2) is 59.5 Å². The van der Waals surface area contributed by atoms with Gasteiger partial charge in [0, 0.05) is 5.69 Å². The first-order chi connectivity index (χ1) is 13.2. The van der Waals surface area contributed by atoms with E-state index < -0.39 is 22.0 Å². The Bertz CT molecular complexity index is 1130. The molecule has 3 aromatic rings. The highest BCUT2D eigenvalue weighted by molar-refractivity contribution is 7.89. The molecule has 3 aromatic carbocycles. The van der Waals surface area contributed by atoms with Crippen molar-refractivity contribution in [3.8, 4) is 0 Å². The van der Waals surface area contributed by atoms with Gasteiger partial charge in [-0.3, -0.25) is 4.79 Å². The number of nitrogens with one attached hydrogen (secondary N) is 2. The van der Waals surface area contributed by atoms with Crippen molar-refractivity contribution in [2.75, 3.05) is 5.32 Å². The summed E-state index contributed by atoms with van der Waals surface area (Å²) in [5.41, 5.74) is 3.70. The highest BCUT2D eigenvalue weighted by Crippen LogP contribution is 2.23. The number of rotatable bonds is 5. The molecule has 0 aliphatic carbocycles. The van der Waals surface area contributed by atoms with Crippen LogP contribution in [0.1, 0.15) is 23.6 Å². The smallest absolute Gasteiger partial charge is 0.242 e. The number of sulfonamides is 1. The molecule has 5 nitrogen and oxygen atoms in total. The molecule has 1 atom stereocenters. The van der Waals surface area contributed by atoms with E-state index in [-0.39, 0.29) is 4.90 Å². The van der Waals surface area contributed by atoms with E-state index in [1.54, 1.807) is 18.2 Å². The molecule has 0 saturated carbocycles. The molecule has 0 aromatic heterocycles. The van der Waals surface area contributed by atoms with Gasteiger partial charge < -0.3 is 5.32 Å². The van der Waals surface area contributed by atoms with Gasteiger partial charge in [-0.15, -0.1) is 0 Å². The van der Waals surface area contributed by atoms with E-state index in [0.717, 1.165) is 27.5 Å². The number of fused-ring (bicyclic) bond motifs is 1. The first-order valence-corrected chi connectivity index (χ1v) is 10.6. The molecule has 2 N–H and O–H groups in total. The molecule has 0 heterocycles. The predicted octanol–water partition coefficient (Wildman–Crippen LogP) is 4.07. The lowest BCUT2D eigenvalue weighted by Crippen LogP contribution is -2.41. The van der Waals surface area contributed by atoms with Crippen LogP contribution in [0, 0.1) is 20.8 Å². The second kappa shape index (κ2) is 7.73. The van der Waals surface area contributed by atoms with Gasteiger partial charge in [-0.2, -0.15) is 4.72 Å². The number of anilines is 1. The zero-order valence-electron chi connectivity index (χ0n) is 16.4. The quantitative estimate of drug-likeness (QED) is 0.683. The molecule has 0 unspecified atom stereocenters. The molecule has 0 aliphatic rings. The Kier molecular flexibility index (Phi) is 5.54. The number of amides is 1. The Balaban J connectivity index is 1.78. The van der Waals surface area contributed by atoms with E-state index in [1.165, 1.54) is 6.92 Å². The lowest BCUT2D eigenvalue weighted by atomic mass is 10.0. The zero-order valence-corrected chi connectivity index (χ0v) is 17.2. The van der Waals surface area contributed by atoms with Crippen LogP contribution in [-0.4, -0.2) is 20.4 Å². The third-order valence-corrected chi connectivity index (χ3v) is 6.22. The van der Waals surface area contributed by atoms with Crippen molar-refractivity contribution >= 4 is 32.4 Å². The van der Waals surface area contributed by atoms with E-state index in [1.807, 2.05) is 57.2 Å². The number of carbonyl (C=O) groups excluding carboxylic acids is 1. The standard InChI is InChI=1S/C22H24N2O3S/c1-14-11-15(2)21(16(3)12-14)23-22(25)17(4)24-28(26,27)20-10-9-18-7-5-6-8-19(18)13-20/h5-13,17,24H,1-4H3,(H,23,25)/t17-/m1/s1. The summed E-state index contributed by atoms with van der Waals surface area (Å²) in [6, 6.07) is 15.5. The lowest BCUT2D eigenvalue weighted by Gasteiger charge is -2.17. The Morgan fingerprint density at radius 1 is 0.893 bits per heavy atom. The summed E-state index contributed by atoms with van der Waals surface area (Å²) in [6.45, 7) is 7.36. The van der Waals surface area contributed by atoms with Gasteiger partial charge in [0.25, 0.3) is 0 Å². The van der Waals surface area contributed by atoms with Crippen LogP contribution in [0.3, 0.4) is 0 Å². The lowest BCUT2D eigenvalue weighted by molar-refractivity contribution is -0.117. The van der Waals surface area contributed by atoms with E-state index >= 15 is 0 Å². The maximum Gasteiger partial charge on any atom is 0.242 e. The third-order valence-electron chi connectivity index (χ3n) is 4.68. The Morgan fingerprint density at radius 2 is 1.50 bits per heavy atom. The average molecular weight is 397 g/mol. The minimum Gasteiger partial charge on any atom is -0.324 e. The molecule has 28 heavy (non-hydrogen) atoms. The van der Waals surface area contributed by atoms with Crippen LogP contribution in [0.5, 0.6) is 0 Å². The van der Waals surface area contributed by atoms with Crippen molar-refractivity contribution in [3.05, 3.63) is 71.3 Å². The zero-order chi connectivity index (χ0) is 20.5. The van der Waals surface area contributed by atoms with Crippen molar-refractivity contribution in [1.29, 1.82) is 0 Å². The molecular weight excluding hydrogens is 372 g/mol. The second-order valence-corrected chi connectivity index (χ2v) is 8.83. The fourth-order valence-corrected chi connectivity index (χ4v) is 4.54. The van der Waals surface area contributed by atoms with Crippen molar-refractivity contribution < 1.29 is 13.2 Å². The SMILES string of the molecule is Cc1cc(C)c(NC(=O)[C@@H](C)NS(=O)(=O)c2ccc3ccccc3c2)c(C)c1. The van der Waals surface area contributed by atoms with Crippen LogP contribution in [0.25, 0.3) is 10.8 Å². The van der Waals surface area contributed by atoms with Gasteiger partial charge in [0.1, 0.15) is 0 Å². The highest BCUT2D eigenvalue weighted by Gasteiger charge is 2.23. The van der Waals surface area contributed by atoms with E-state index in [0.29, 0.717) is 5.69 Å². The molecule has 0 saturated heterocycles. The maximum absolute atomic E-state index is 12.7. The van der Waals surface area contributed by atoms with Crippen LogP contribution < -0.4 is 10.0 Å². The van der Waals surface area contributed by atoms with Crippen LogP contribution in [0.4, 0.5) is 5.69 Å².